The Bertz CT molecular complexity index is 1010. The molecular weight excluding hydrogens is 390 g/mol. The zero-order chi connectivity index (χ0) is 20.2. The summed E-state index contributed by atoms with van der Waals surface area (Å²) in [6, 6.07) is 14.3. The molecule has 1 fully saturated rings. The number of ether oxygens (including phenoxy) is 2. The Morgan fingerprint density at radius 2 is 1.90 bits per heavy atom. The summed E-state index contributed by atoms with van der Waals surface area (Å²) in [7, 11) is 0. The van der Waals surface area contributed by atoms with Crippen LogP contribution < -0.4 is 15.0 Å². The molecule has 3 heterocycles. The van der Waals surface area contributed by atoms with E-state index in [0.717, 1.165) is 36.8 Å². The average Bonchev–Trinajstić information content (AvgIpc) is 2.71. The van der Waals surface area contributed by atoms with Gasteiger partial charge in [0.05, 0.1) is 10.7 Å². The highest BCUT2D eigenvalue weighted by Crippen LogP contribution is 2.20. The summed E-state index contributed by atoms with van der Waals surface area (Å²) in [6.45, 7) is 5.39. The van der Waals surface area contributed by atoms with Gasteiger partial charge in [0.2, 0.25) is 0 Å². The van der Waals surface area contributed by atoms with Crippen LogP contribution in [0.15, 0.2) is 65.7 Å². The molecule has 2 aromatic heterocycles. The van der Waals surface area contributed by atoms with Crippen LogP contribution in [-0.2, 0) is 6.61 Å². The van der Waals surface area contributed by atoms with E-state index in [1.807, 2.05) is 24.3 Å². The maximum absolute atomic E-state index is 12.5. The molecule has 0 atom stereocenters. The van der Waals surface area contributed by atoms with E-state index in [2.05, 4.69) is 16.8 Å². The van der Waals surface area contributed by atoms with Gasteiger partial charge in [-0.2, -0.15) is 0 Å². The van der Waals surface area contributed by atoms with Crippen molar-refractivity contribution >= 4 is 11.6 Å². The van der Waals surface area contributed by atoms with Gasteiger partial charge >= 0.3 is 0 Å². The molecule has 7 heteroatoms. The molecule has 0 bridgehead atoms. The molecule has 6 nitrogen and oxygen atoms in total. The minimum Gasteiger partial charge on any atom is -0.488 e. The van der Waals surface area contributed by atoms with Crippen LogP contribution in [-0.4, -0.2) is 40.2 Å². The SMILES string of the molecule is CCN1CC(Oc2ccc(-n3ccc(OCc4ccc(Cl)cn4)cc3=O)cc2)C1. The van der Waals surface area contributed by atoms with E-state index in [1.165, 1.54) is 6.07 Å². The molecule has 1 aliphatic rings. The Morgan fingerprint density at radius 1 is 1.10 bits per heavy atom. The molecule has 1 aromatic carbocycles. The third kappa shape index (κ3) is 4.78. The Balaban J connectivity index is 1.38. The number of aromatic nitrogens is 2. The van der Waals surface area contributed by atoms with E-state index in [-0.39, 0.29) is 18.3 Å². The summed E-state index contributed by atoms with van der Waals surface area (Å²) in [4.78, 5) is 19.0. The van der Waals surface area contributed by atoms with E-state index in [1.54, 1.807) is 35.2 Å². The molecule has 0 N–H and O–H groups in total. The highest BCUT2D eigenvalue weighted by atomic mass is 35.5. The first-order chi connectivity index (χ1) is 14.1. The van der Waals surface area contributed by atoms with Crippen LogP contribution in [0.4, 0.5) is 0 Å². The second-order valence-electron chi connectivity index (χ2n) is 6.91. The molecule has 0 aliphatic carbocycles. The lowest BCUT2D eigenvalue weighted by molar-refractivity contribution is 0.0238. The largest absolute Gasteiger partial charge is 0.488 e. The predicted molar refractivity (Wildman–Crippen MR) is 112 cm³/mol. The highest BCUT2D eigenvalue weighted by Gasteiger charge is 2.26. The molecule has 0 spiro atoms. The maximum Gasteiger partial charge on any atom is 0.258 e. The Morgan fingerprint density at radius 3 is 2.55 bits per heavy atom. The Hall–Kier alpha value is -2.83. The molecule has 29 heavy (non-hydrogen) atoms. The fourth-order valence-corrected chi connectivity index (χ4v) is 3.26. The van der Waals surface area contributed by atoms with Crippen LogP contribution in [0.2, 0.25) is 5.02 Å². The number of likely N-dealkylation sites (tertiary alicyclic amines) is 1. The fraction of sp³-hybridized carbons (Fsp3) is 0.273. The van der Waals surface area contributed by atoms with Gasteiger partial charge in [-0.1, -0.05) is 18.5 Å². The molecule has 0 unspecified atom stereocenters. The summed E-state index contributed by atoms with van der Waals surface area (Å²) in [5.41, 5.74) is 1.34. The minimum atomic E-state index is -0.169. The molecule has 150 valence electrons. The van der Waals surface area contributed by atoms with E-state index in [0.29, 0.717) is 10.8 Å². The number of nitrogens with zero attached hydrogens (tertiary/aromatic N) is 3. The first-order valence-electron chi connectivity index (χ1n) is 9.56. The number of hydrogen-bond donors (Lipinski definition) is 0. The molecule has 0 saturated carbocycles. The standard InChI is InChI=1S/C22H22ClN3O3/c1-2-25-13-21(14-25)29-19-7-5-18(6-8-19)26-10-9-20(11-22(26)27)28-15-17-4-3-16(23)12-24-17/h3-12,21H,2,13-15H2,1H3. The molecule has 0 amide bonds. The van der Waals surface area contributed by atoms with E-state index < -0.39 is 0 Å². The van der Waals surface area contributed by atoms with Crippen molar-refractivity contribution in [3.05, 3.63) is 82.0 Å². The van der Waals surface area contributed by atoms with Gasteiger partial charge in [-0.15, -0.1) is 0 Å². The van der Waals surface area contributed by atoms with Crippen molar-refractivity contribution in [2.75, 3.05) is 19.6 Å². The number of pyridine rings is 2. The summed E-state index contributed by atoms with van der Waals surface area (Å²) in [5, 5.41) is 0.573. The maximum atomic E-state index is 12.5. The molecule has 3 aromatic rings. The summed E-state index contributed by atoms with van der Waals surface area (Å²) in [5.74, 6) is 1.31. The third-order valence-electron chi connectivity index (χ3n) is 4.85. The number of benzene rings is 1. The van der Waals surface area contributed by atoms with Gasteiger partial charge in [0.1, 0.15) is 24.2 Å². The summed E-state index contributed by atoms with van der Waals surface area (Å²) >= 11 is 5.82. The minimum absolute atomic E-state index is 0.169. The van der Waals surface area contributed by atoms with Crippen LogP contribution in [0.1, 0.15) is 12.6 Å². The number of hydrogen-bond acceptors (Lipinski definition) is 5. The van der Waals surface area contributed by atoms with Crippen LogP contribution in [0.5, 0.6) is 11.5 Å². The lowest BCUT2D eigenvalue weighted by Gasteiger charge is -2.38. The Kier molecular flexibility index (Phi) is 5.83. The molecule has 0 radical (unpaired) electrons. The van der Waals surface area contributed by atoms with Crippen LogP contribution >= 0.6 is 11.6 Å². The number of likely N-dealkylation sites (N-methyl/N-ethyl adjacent to an activating group) is 1. The lowest BCUT2D eigenvalue weighted by atomic mass is 10.1. The fourth-order valence-electron chi connectivity index (χ4n) is 3.15. The van der Waals surface area contributed by atoms with Gasteiger partial charge in [0.15, 0.2) is 0 Å². The van der Waals surface area contributed by atoms with Gasteiger partial charge in [0.25, 0.3) is 5.56 Å². The number of halogens is 1. The molecule has 1 aliphatic heterocycles. The summed E-state index contributed by atoms with van der Waals surface area (Å²) < 4.78 is 13.2. The topological polar surface area (TPSA) is 56.6 Å². The van der Waals surface area contributed by atoms with Crippen molar-refractivity contribution in [3.63, 3.8) is 0 Å². The zero-order valence-electron chi connectivity index (χ0n) is 16.1. The van der Waals surface area contributed by atoms with Gasteiger partial charge < -0.3 is 9.47 Å². The molecule has 1 saturated heterocycles. The van der Waals surface area contributed by atoms with Crippen molar-refractivity contribution in [1.29, 1.82) is 0 Å². The number of rotatable bonds is 7. The van der Waals surface area contributed by atoms with Gasteiger partial charge in [0, 0.05) is 37.2 Å². The van der Waals surface area contributed by atoms with Crippen molar-refractivity contribution in [3.8, 4) is 17.2 Å². The smallest absolute Gasteiger partial charge is 0.258 e. The second-order valence-corrected chi connectivity index (χ2v) is 7.35. The average molecular weight is 412 g/mol. The summed E-state index contributed by atoms with van der Waals surface area (Å²) in [6.07, 6.45) is 3.51. The van der Waals surface area contributed by atoms with Gasteiger partial charge in [-0.25, -0.2) is 0 Å². The first-order valence-corrected chi connectivity index (χ1v) is 9.94. The van der Waals surface area contributed by atoms with E-state index in [9.17, 15) is 4.79 Å². The third-order valence-corrected chi connectivity index (χ3v) is 5.08. The normalized spacial score (nSPS) is 14.4. The Labute approximate surface area is 174 Å². The van der Waals surface area contributed by atoms with Crippen molar-refractivity contribution in [2.45, 2.75) is 19.6 Å². The van der Waals surface area contributed by atoms with E-state index in [4.69, 9.17) is 21.1 Å². The van der Waals surface area contributed by atoms with Gasteiger partial charge in [-0.05, 0) is 49.0 Å². The predicted octanol–water partition coefficient (Wildman–Crippen LogP) is 3.55. The first kappa shape index (κ1) is 19.5. The van der Waals surface area contributed by atoms with E-state index >= 15 is 0 Å². The van der Waals surface area contributed by atoms with Crippen LogP contribution in [0, 0.1) is 0 Å². The quantitative estimate of drug-likeness (QED) is 0.595. The lowest BCUT2D eigenvalue weighted by Crippen LogP contribution is -2.53. The zero-order valence-corrected chi connectivity index (χ0v) is 16.9. The second kappa shape index (κ2) is 8.68. The van der Waals surface area contributed by atoms with Crippen molar-refractivity contribution in [2.24, 2.45) is 0 Å². The van der Waals surface area contributed by atoms with Crippen LogP contribution in [0.3, 0.4) is 0 Å². The monoisotopic (exact) mass is 411 g/mol. The van der Waals surface area contributed by atoms with Crippen molar-refractivity contribution < 1.29 is 9.47 Å². The highest BCUT2D eigenvalue weighted by molar-refractivity contribution is 6.30. The molecule has 4 rings (SSSR count). The molecular formula is C22H22ClN3O3. The van der Waals surface area contributed by atoms with Crippen LogP contribution in [0.25, 0.3) is 5.69 Å². The van der Waals surface area contributed by atoms with Gasteiger partial charge in [-0.3, -0.25) is 19.2 Å². The van der Waals surface area contributed by atoms with Crippen molar-refractivity contribution in [1.82, 2.24) is 14.5 Å².